The molecule has 0 unspecified atom stereocenters. The molecule has 0 heterocycles. The van der Waals surface area contributed by atoms with Crippen molar-refractivity contribution in [3.05, 3.63) is 35.9 Å². The monoisotopic (exact) mass is 227 g/mol. The lowest BCUT2D eigenvalue weighted by atomic mass is 10.2. The highest BCUT2D eigenvalue weighted by Crippen LogP contribution is 2.07. The SMILES string of the molecule is CCS(=O)(=O)N(C)C(=O)c1ccccc1. The third-order valence-electron chi connectivity index (χ3n) is 2.09. The summed E-state index contributed by atoms with van der Waals surface area (Å²) in [4.78, 5) is 11.7. The molecule has 0 aromatic heterocycles. The van der Waals surface area contributed by atoms with Crippen LogP contribution in [0.25, 0.3) is 0 Å². The van der Waals surface area contributed by atoms with Crippen molar-refractivity contribution in [1.82, 2.24) is 4.31 Å². The van der Waals surface area contributed by atoms with Gasteiger partial charge < -0.3 is 0 Å². The fourth-order valence-electron chi connectivity index (χ4n) is 1.08. The zero-order valence-electron chi connectivity index (χ0n) is 8.67. The maximum atomic E-state index is 11.7. The molecule has 1 amide bonds. The average molecular weight is 227 g/mol. The summed E-state index contributed by atoms with van der Waals surface area (Å²) in [5.74, 6) is -0.584. The van der Waals surface area contributed by atoms with Crippen molar-refractivity contribution in [2.75, 3.05) is 12.8 Å². The lowest BCUT2D eigenvalue weighted by Gasteiger charge is -2.16. The molecule has 5 heteroatoms. The highest BCUT2D eigenvalue weighted by atomic mass is 32.2. The summed E-state index contributed by atoms with van der Waals surface area (Å²) in [5, 5.41) is 0. The van der Waals surface area contributed by atoms with Gasteiger partial charge in [0.05, 0.1) is 5.75 Å². The summed E-state index contributed by atoms with van der Waals surface area (Å²) in [5.41, 5.74) is 0.372. The number of hydrogen-bond acceptors (Lipinski definition) is 3. The van der Waals surface area contributed by atoms with E-state index in [1.165, 1.54) is 14.0 Å². The second kappa shape index (κ2) is 4.44. The van der Waals surface area contributed by atoms with Gasteiger partial charge in [-0.3, -0.25) is 4.79 Å². The number of carbonyl (C=O) groups is 1. The molecular formula is C10H13NO3S. The first-order valence-corrected chi connectivity index (χ1v) is 6.16. The maximum absolute atomic E-state index is 11.7. The van der Waals surface area contributed by atoms with Crippen molar-refractivity contribution < 1.29 is 13.2 Å². The Morgan fingerprint density at radius 2 is 1.80 bits per heavy atom. The van der Waals surface area contributed by atoms with Crippen molar-refractivity contribution in [3.8, 4) is 0 Å². The van der Waals surface area contributed by atoms with E-state index in [1.807, 2.05) is 0 Å². The molecule has 15 heavy (non-hydrogen) atoms. The molecule has 0 atom stereocenters. The van der Waals surface area contributed by atoms with Gasteiger partial charge in [-0.25, -0.2) is 12.7 Å². The van der Waals surface area contributed by atoms with Gasteiger partial charge in [-0.2, -0.15) is 0 Å². The molecule has 0 fully saturated rings. The number of hydrogen-bond donors (Lipinski definition) is 0. The first-order valence-electron chi connectivity index (χ1n) is 4.55. The van der Waals surface area contributed by atoms with Gasteiger partial charge in [0, 0.05) is 12.6 Å². The van der Waals surface area contributed by atoms with E-state index in [2.05, 4.69) is 0 Å². The van der Waals surface area contributed by atoms with Gasteiger partial charge in [-0.1, -0.05) is 18.2 Å². The largest absolute Gasteiger partial charge is 0.268 e. The Morgan fingerprint density at radius 1 is 1.27 bits per heavy atom. The zero-order valence-corrected chi connectivity index (χ0v) is 9.49. The van der Waals surface area contributed by atoms with Crippen molar-refractivity contribution in [2.45, 2.75) is 6.92 Å². The molecule has 0 radical (unpaired) electrons. The van der Waals surface area contributed by atoms with Crippen LogP contribution in [0.3, 0.4) is 0 Å². The predicted octanol–water partition coefficient (Wildman–Crippen LogP) is 1.11. The van der Waals surface area contributed by atoms with Crippen molar-refractivity contribution in [2.24, 2.45) is 0 Å². The van der Waals surface area contributed by atoms with Gasteiger partial charge in [0.25, 0.3) is 5.91 Å². The summed E-state index contributed by atoms with van der Waals surface area (Å²) in [6.45, 7) is 1.50. The first kappa shape index (κ1) is 11.7. The second-order valence-electron chi connectivity index (χ2n) is 3.04. The standard InChI is InChI=1S/C10H13NO3S/c1-3-15(13,14)11(2)10(12)9-7-5-4-6-8-9/h4-8H,3H2,1-2H3. The zero-order chi connectivity index (χ0) is 11.5. The Kier molecular flexibility index (Phi) is 3.47. The van der Waals surface area contributed by atoms with Crippen LogP contribution in [0.1, 0.15) is 17.3 Å². The van der Waals surface area contributed by atoms with E-state index in [-0.39, 0.29) is 5.75 Å². The van der Waals surface area contributed by atoms with E-state index in [0.29, 0.717) is 5.56 Å². The van der Waals surface area contributed by atoms with Crippen LogP contribution in [0.2, 0.25) is 0 Å². The number of nitrogens with zero attached hydrogens (tertiary/aromatic N) is 1. The van der Waals surface area contributed by atoms with Gasteiger partial charge in [0.2, 0.25) is 10.0 Å². The molecule has 0 bridgehead atoms. The van der Waals surface area contributed by atoms with Gasteiger partial charge in [0.15, 0.2) is 0 Å². The van der Waals surface area contributed by atoms with Crippen molar-refractivity contribution >= 4 is 15.9 Å². The molecule has 0 aliphatic rings. The Hall–Kier alpha value is -1.36. The van der Waals surface area contributed by atoms with Crippen LogP contribution in [-0.4, -0.2) is 31.4 Å². The van der Waals surface area contributed by atoms with Gasteiger partial charge in [-0.15, -0.1) is 0 Å². The summed E-state index contributed by atoms with van der Waals surface area (Å²) in [6.07, 6.45) is 0. The number of amides is 1. The smallest absolute Gasteiger partial charge is 0.267 e. The number of benzene rings is 1. The molecule has 82 valence electrons. The van der Waals surface area contributed by atoms with E-state index >= 15 is 0 Å². The second-order valence-corrected chi connectivity index (χ2v) is 5.33. The quantitative estimate of drug-likeness (QED) is 0.777. The molecule has 0 aliphatic carbocycles. The van der Waals surface area contributed by atoms with E-state index in [4.69, 9.17) is 0 Å². The molecule has 0 spiro atoms. The Balaban J connectivity index is 2.97. The van der Waals surface area contributed by atoms with Crippen LogP contribution in [0, 0.1) is 0 Å². The molecule has 4 nitrogen and oxygen atoms in total. The first-order chi connectivity index (χ1) is 6.99. The van der Waals surface area contributed by atoms with Gasteiger partial charge in [0.1, 0.15) is 0 Å². The normalized spacial score (nSPS) is 11.1. The Morgan fingerprint density at radius 3 is 2.27 bits per heavy atom. The van der Waals surface area contributed by atoms with Crippen LogP contribution < -0.4 is 0 Å². The molecular weight excluding hydrogens is 214 g/mol. The lowest BCUT2D eigenvalue weighted by molar-refractivity contribution is 0.0883. The molecule has 0 saturated carbocycles. The van der Waals surface area contributed by atoms with Crippen LogP contribution in [0.5, 0.6) is 0 Å². The fourth-order valence-corrected chi connectivity index (χ4v) is 1.83. The van der Waals surface area contributed by atoms with Crippen LogP contribution in [-0.2, 0) is 10.0 Å². The van der Waals surface area contributed by atoms with Crippen molar-refractivity contribution in [3.63, 3.8) is 0 Å². The van der Waals surface area contributed by atoms with Gasteiger partial charge in [-0.05, 0) is 19.1 Å². The minimum Gasteiger partial charge on any atom is -0.268 e. The topological polar surface area (TPSA) is 54.5 Å². The average Bonchev–Trinajstić information content (AvgIpc) is 2.28. The molecule has 0 aliphatic heterocycles. The van der Waals surface area contributed by atoms with E-state index in [9.17, 15) is 13.2 Å². The number of carbonyl (C=O) groups excluding carboxylic acids is 1. The minimum atomic E-state index is -3.46. The van der Waals surface area contributed by atoms with E-state index in [0.717, 1.165) is 4.31 Å². The predicted molar refractivity (Wildman–Crippen MR) is 58.0 cm³/mol. The summed E-state index contributed by atoms with van der Waals surface area (Å²) in [7, 11) is -2.19. The minimum absolute atomic E-state index is 0.0813. The van der Waals surface area contributed by atoms with Crippen LogP contribution in [0.4, 0.5) is 0 Å². The Bertz CT molecular complexity index is 439. The lowest BCUT2D eigenvalue weighted by Crippen LogP contribution is -2.34. The molecule has 1 aromatic carbocycles. The van der Waals surface area contributed by atoms with Crippen LogP contribution in [0.15, 0.2) is 30.3 Å². The molecule has 1 rings (SSSR count). The third-order valence-corrected chi connectivity index (χ3v) is 3.82. The third kappa shape index (κ3) is 2.56. The highest BCUT2D eigenvalue weighted by Gasteiger charge is 2.21. The van der Waals surface area contributed by atoms with Crippen LogP contribution >= 0.6 is 0 Å². The number of sulfonamides is 1. The summed E-state index contributed by atoms with van der Waals surface area (Å²) >= 11 is 0. The fraction of sp³-hybridized carbons (Fsp3) is 0.300. The Labute approximate surface area is 89.6 Å². The van der Waals surface area contributed by atoms with E-state index < -0.39 is 15.9 Å². The summed E-state index contributed by atoms with van der Waals surface area (Å²) in [6, 6.07) is 8.33. The highest BCUT2D eigenvalue weighted by molar-refractivity contribution is 7.89. The van der Waals surface area contributed by atoms with Crippen molar-refractivity contribution in [1.29, 1.82) is 0 Å². The van der Waals surface area contributed by atoms with E-state index in [1.54, 1.807) is 30.3 Å². The number of rotatable bonds is 3. The molecule has 0 saturated heterocycles. The maximum Gasteiger partial charge on any atom is 0.267 e. The van der Waals surface area contributed by atoms with Gasteiger partial charge >= 0.3 is 0 Å². The summed E-state index contributed by atoms with van der Waals surface area (Å²) < 4.78 is 23.6. The molecule has 1 aromatic rings. The molecule has 0 N–H and O–H groups in total.